The predicted molar refractivity (Wildman–Crippen MR) is 97.7 cm³/mol. The Bertz CT molecular complexity index is 788. The van der Waals surface area contributed by atoms with Crippen LogP contribution >= 0.6 is 0 Å². The van der Waals surface area contributed by atoms with Gasteiger partial charge in [0.1, 0.15) is 0 Å². The second-order valence-corrected chi connectivity index (χ2v) is 5.37. The van der Waals surface area contributed by atoms with Crippen molar-refractivity contribution in [2.75, 3.05) is 10.7 Å². The highest BCUT2D eigenvalue weighted by molar-refractivity contribution is 5.95. The molecule has 3 aromatic carbocycles. The van der Waals surface area contributed by atoms with Crippen molar-refractivity contribution in [3.63, 3.8) is 0 Å². The van der Waals surface area contributed by atoms with Crippen LogP contribution in [0, 0.1) is 0 Å². The molecule has 0 bridgehead atoms. The molecule has 24 heavy (non-hydrogen) atoms. The molecule has 0 spiro atoms. The summed E-state index contributed by atoms with van der Waals surface area (Å²) in [6, 6.07) is 27.1. The van der Waals surface area contributed by atoms with E-state index >= 15 is 0 Å². The van der Waals surface area contributed by atoms with Gasteiger partial charge in [0.25, 0.3) is 5.91 Å². The van der Waals surface area contributed by atoms with Crippen molar-refractivity contribution in [3.8, 4) is 0 Å². The van der Waals surface area contributed by atoms with Crippen molar-refractivity contribution in [1.82, 2.24) is 5.43 Å². The topological polar surface area (TPSA) is 53.2 Å². The molecule has 4 nitrogen and oxygen atoms in total. The fourth-order valence-electron chi connectivity index (χ4n) is 2.31. The number of carbonyl (C=O) groups excluding carboxylic acids is 1. The summed E-state index contributed by atoms with van der Waals surface area (Å²) in [4.78, 5) is 12.3. The minimum absolute atomic E-state index is 0.166. The van der Waals surface area contributed by atoms with Crippen LogP contribution in [0.1, 0.15) is 15.9 Å². The van der Waals surface area contributed by atoms with Crippen molar-refractivity contribution >= 4 is 17.3 Å². The van der Waals surface area contributed by atoms with E-state index in [-0.39, 0.29) is 5.91 Å². The summed E-state index contributed by atoms with van der Waals surface area (Å²) in [5.41, 5.74) is 9.17. The molecule has 0 saturated heterocycles. The lowest BCUT2D eigenvalue weighted by atomic mass is 10.1. The molecule has 4 heteroatoms. The second-order valence-electron chi connectivity index (χ2n) is 5.37. The normalized spacial score (nSPS) is 10.0. The van der Waals surface area contributed by atoms with Gasteiger partial charge in [0.05, 0.1) is 5.69 Å². The lowest BCUT2D eigenvalue weighted by Gasteiger charge is -2.10. The molecule has 0 aromatic heterocycles. The minimum Gasteiger partial charge on any atom is -0.381 e. The highest BCUT2D eigenvalue weighted by Gasteiger charge is 2.05. The third-order valence-corrected chi connectivity index (χ3v) is 3.55. The van der Waals surface area contributed by atoms with Crippen LogP contribution < -0.4 is 16.2 Å². The van der Waals surface area contributed by atoms with E-state index in [1.807, 2.05) is 78.9 Å². The van der Waals surface area contributed by atoms with Gasteiger partial charge in [0.15, 0.2) is 0 Å². The van der Waals surface area contributed by atoms with Gasteiger partial charge in [-0.15, -0.1) is 0 Å². The molecule has 0 fully saturated rings. The Morgan fingerprint density at radius 3 is 2.12 bits per heavy atom. The Labute approximate surface area is 141 Å². The predicted octanol–water partition coefficient (Wildman–Crippen LogP) is 4.06. The summed E-state index contributed by atoms with van der Waals surface area (Å²) in [6.07, 6.45) is 0. The molecule has 0 radical (unpaired) electrons. The number of para-hydroxylation sites is 2. The second kappa shape index (κ2) is 7.83. The van der Waals surface area contributed by atoms with Gasteiger partial charge in [-0.1, -0.05) is 48.5 Å². The maximum Gasteiger partial charge on any atom is 0.269 e. The van der Waals surface area contributed by atoms with E-state index in [9.17, 15) is 4.79 Å². The van der Waals surface area contributed by atoms with Crippen molar-refractivity contribution in [2.45, 2.75) is 6.54 Å². The van der Waals surface area contributed by atoms with E-state index in [4.69, 9.17) is 0 Å². The zero-order chi connectivity index (χ0) is 16.6. The first-order valence-electron chi connectivity index (χ1n) is 7.80. The summed E-state index contributed by atoms with van der Waals surface area (Å²) in [5, 5.41) is 3.34. The maximum absolute atomic E-state index is 12.3. The molecule has 3 N–H and O–H groups in total. The fourth-order valence-corrected chi connectivity index (χ4v) is 2.31. The first-order valence-corrected chi connectivity index (χ1v) is 7.80. The largest absolute Gasteiger partial charge is 0.381 e. The van der Waals surface area contributed by atoms with Gasteiger partial charge in [-0.2, -0.15) is 0 Å². The van der Waals surface area contributed by atoms with Crippen LogP contribution in [0.3, 0.4) is 0 Å². The van der Waals surface area contributed by atoms with Crippen LogP contribution in [0.2, 0.25) is 0 Å². The fraction of sp³-hybridized carbons (Fsp3) is 0.0500. The molecule has 0 unspecified atom stereocenters. The van der Waals surface area contributed by atoms with Crippen LogP contribution in [0.5, 0.6) is 0 Å². The molecule has 3 aromatic rings. The van der Waals surface area contributed by atoms with Crippen molar-refractivity contribution in [1.29, 1.82) is 0 Å². The number of hydrazine groups is 1. The molecule has 0 aliphatic rings. The van der Waals surface area contributed by atoms with Crippen molar-refractivity contribution in [3.05, 3.63) is 96.1 Å². The van der Waals surface area contributed by atoms with Crippen molar-refractivity contribution in [2.24, 2.45) is 0 Å². The molecule has 120 valence electrons. The molecule has 0 atom stereocenters. The Kier molecular flexibility index (Phi) is 5.10. The van der Waals surface area contributed by atoms with E-state index in [0.717, 1.165) is 16.9 Å². The summed E-state index contributed by atoms with van der Waals surface area (Å²) in [5.74, 6) is -0.166. The summed E-state index contributed by atoms with van der Waals surface area (Å²) in [6.45, 7) is 0.664. The van der Waals surface area contributed by atoms with Gasteiger partial charge in [-0.3, -0.25) is 15.6 Å². The van der Waals surface area contributed by atoms with Crippen LogP contribution in [-0.4, -0.2) is 5.91 Å². The lowest BCUT2D eigenvalue weighted by molar-refractivity contribution is 0.0962. The van der Waals surface area contributed by atoms with Crippen LogP contribution in [0.4, 0.5) is 11.4 Å². The van der Waals surface area contributed by atoms with Crippen LogP contribution in [-0.2, 0) is 6.54 Å². The van der Waals surface area contributed by atoms with E-state index in [1.54, 1.807) is 6.07 Å². The van der Waals surface area contributed by atoms with E-state index in [1.165, 1.54) is 0 Å². The van der Waals surface area contributed by atoms with Gasteiger partial charge in [0.2, 0.25) is 0 Å². The quantitative estimate of drug-likeness (QED) is 0.601. The number of nitrogens with one attached hydrogen (secondary N) is 3. The highest BCUT2D eigenvalue weighted by Crippen LogP contribution is 2.10. The summed E-state index contributed by atoms with van der Waals surface area (Å²) in [7, 11) is 0. The molecule has 1 amide bonds. The van der Waals surface area contributed by atoms with E-state index in [0.29, 0.717) is 12.1 Å². The number of anilines is 2. The molecule has 0 aliphatic carbocycles. The molecular weight excluding hydrogens is 298 g/mol. The van der Waals surface area contributed by atoms with E-state index < -0.39 is 0 Å². The third-order valence-electron chi connectivity index (χ3n) is 3.55. The molecular formula is C20H19N3O. The van der Waals surface area contributed by atoms with Gasteiger partial charge in [-0.25, -0.2) is 0 Å². The zero-order valence-corrected chi connectivity index (χ0v) is 13.2. The standard InChI is InChI=1S/C20H19N3O/c24-20(23-22-19-12-5-2-6-13-19)17-9-7-8-16(14-17)15-21-18-10-3-1-4-11-18/h1-14,21-22H,15H2,(H,23,24). The number of hydrogen-bond donors (Lipinski definition) is 3. The monoisotopic (exact) mass is 317 g/mol. The van der Waals surface area contributed by atoms with Gasteiger partial charge < -0.3 is 5.32 Å². The summed E-state index contributed by atoms with van der Waals surface area (Å²) >= 11 is 0. The molecule has 0 heterocycles. The summed E-state index contributed by atoms with van der Waals surface area (Å²) < 4.78 is 0. The van der Waals surface area contributed by atoms with Gasteiger partial charge in [0, 0.05) is 17.8 Å². The Balaban J connectivity index is 1.59. The Morgan fingerprint density at radius 2 is 1.42 bits per heavy atom. The van der Waals surface area contributed by atoms with E-state index in [2.05, 4.69) is 16.2 Å². The molecule has 0 saturated carbocycles. The Hall–Kier alpha value is -3.27. The van der Waals surface area contributed by atoms with Gasteiger partial charge in [-0.05, 0) is 42.0 Å². The first kappa shape index (κ1) is 15.6. The third kappa shape index (κ3) is 4.36. The highest BCUT2D eigenvalue weighted by atomic mass is 16.2. The van der Waals surface area contributed by atoms with Gasteiger partial charge >= 0.3 is 0 Å². The van der Waals surface area contributed by atoms with Crippen molar-refractivity contribution < 1.29 is 4.79 Å². The SMILES string of the molecule is O=C(NNc1ccccc1)c1cccc(CNc2ccccc2)c1. The molecule has 0 aliphatic heterocycles. The molecule has 3 rings (SSSR count). The van der Waals surface area contributed by atoms with Crippen LogP contribution in [0.15, 0.2) is 84.9 Å². The lowest BCUT2D eigenvalue weighted by Crippen LogP contribution is -2.29. The van der Waals surface area contributed by atoms with Crippen LogP contribution in [0.25, 0.3) is 0 Å². The minimum atomic E-state index is -0.166. The number of rotatable bonds is 6. The first-order chi connectivity index (χ1) is 11.8. The Morgan fingerprint density at radius 1 is 0.750 bits per heavy atom. The zero-order valence-electron chi connectivity index (χ0n) is 13.2. The average Bonchev–Trinajstić information content (AvgIpc) is 2.66. The number of benzene rings is 3. The number of carbonyl (C=O) groups is 1. The number of amides is 1. The number of hydrogen-bond acceptors (Lipinski definition) is 3. The average molecular weight is 317 g/mol. The maximum atomic E-state index is 12.3. The smallest absolute Gasteiger partial charge is 0.269 e.